The molecule has 1 fully saturated rings. The molecule has 3 nitrogen and oxygen atoms in total. The fraction of sp³-hybridized carbons (Fsp3) is 0.333. The van der Waals surface area contributed by atoms with Crippen LogP contribution >= 0.6 is 15.9 Å². The summed E-state index contributed by atoms with van der Waals surface area (Å²) in [5.41, 5.74) is 1.64. The standard InChI is InChI=1S/C15H15BrN2O/c16-9-11-6-8-18(10-11)15(19)13-5-7-17-14-4-2-1-3-12(13)14/h1-5,7,11H,6,8-10H2. The fourth-order valence-electron chi connectivity index (χ4n) is 2.60. The molecule has 0 saturated carbocycles. The number of carbonyl (C=O) groups is 1. The second-order valence-electron chi connectivity index (χ2n) is 4.94. The fourth-order valence-corrected chi connectivity index (χ4v) is 3.12. The molecule has 1 unspecified atom stereocenters. The van der Waals surface area contributed by atoms with Crippen molar-refractivity contribution in [1.82, 2.24) is 9.88 Å². The highest BCUT2D eigenvalue weighted by Crippen LogP contribution is 2.23. The van der Waals surface area contributed by atoms with E-state index in [-0.39, 0.29) is 5.91 Å². The molecule has 1 aromatic carbocycles. The number of halogens is 1. The SMILES string of the molecule is O=C(c1ccnc2ccccc12)N1CCC(CBr)C1. The maximum atomic E-state index is 12.6. The Kier molecular flexibility index (Phi) is 3.51. The zero-order chi connectivity index (χ0) is 13.2. The molecule has 0 spiro atoms. The number of pyridine rings is 1. The van der Waals surface area contributed by atoms with Crippen molar-refractivity contribution in [3.63, 3.8) is 0 Å². The lowest BCUT2D eigenvalue weighted by molar-refractivity contribution is 0.0790. The predicted molar refractivity (Wildman–Crippen MR) is 79.5 cm³/mol. The van der Waals surface area contributed by atoms with Crippen molar-refractivity contribution in [2.75, 3.05) is 18.4 Å². The van der Waals surface area contributed by atoms with Gasteiger partial charge in [-0.25, -0.2) is 0 Å². The zero-order valence-corrected chi connectivity index (χ0v) is 12.1. The molecule has 0 N–H and O–H groups in total. The maximum absolute atomic E-state index is 12.6. The van der Waals surface area contributed by atoms with E-state index < -0.39 is 0 Å². The van der Waals surface area contributed by atoms with Crippen molar-refractivity contribution in [1.29, 1.82) is 0 Å². The second kappa shape index (κ2) is 5.29. The van der Waals surface area contributed by atoms with Crippen molar-refractivity contribution in [3.05, 3.63) is 42.1 Å². The van der Waals surface area contributed by atoms with Crippen LogP contribution in [0.4, 0.5) is 0 Å². The Morgan fingerprint density at radius 2 is 2.21 bits per heavy atom. The monoisotopic (exact) mass is 318 g/mol. The van der Waals surface area contributed by atoms with Crippen LogP contribution in [0, 0.1) is 5.92 Å². The molecule has 0 aliphatic carbocycles. The Labute approximate surface area is 120 Å². The zero-order valence-electron chi connectivity index (χ0n) is 10.6. The number of benzene rings is 1. The van der Waals surface area contributed by atoms with Crippen molar-refractivity contribution in [3.8, 4) is 0 Å². The van der Waals surface area contributed by atoms with Crippen molar-refractivity contribution in [2.24, 2.45) is 5.92 Å². The van der Waals surface area contributed by atoms with Gasteiger partial charge in [0.1, 0.15) is 0 Å². The van der Waals surface area contributed by atoms with Gasteiger partial charge >= 0.3 is 0 Å². The molecule has 0 radical (unpaired) electrons. The number of para-hydroxylation sites is 1. The van der Waals surface area contributed by atoms with E-state index in [1.165, 1.54) is 0 Å². The van der Waals surface area contributed by atoms with Crippen LogP contribution in [-0.4, -0.2) is 34.2 Å². The summed E-state index contributed by atoms with van der Waals surface area (Å²) in [7, 11) is 0. The number of rotatable bonds is 2. The summed E-state index contributed by atoms with van der Waals surface area (Å²) < 4.78 is 0. The number of hydrogen-bond donors (Lipinski definition) is 0. The minimum absolute atomic E-state index is 0.127. The van der Waals surface area contributed by atoms with Crippen molar-refractivity contribution < 1.29 is 4.79 Å². The third kappa shape index (κ3) is 2.37. The number of hydrogen-bond acceptors (Lipinski definition) is 2. The molecule has 1 atom stereocenters. The average molecular weight is 319 g/mol. The van der Waals surface area contributed by atoms with Crippen LogP contribution in [0.5, 0.6) is 0 Å². The first kappa shape index (κ1) is 12.6. The van der Waals surface area contributed by atoms with E-state index in [1.54, 1.807) is 6.20 Å². The first-order chi connectivity index (χ1) is 9.29. The molecule has 0 bridgehead atoms. The molecule has 1 aliphatic heterocycles. The minimum atomic E-state index is 0.127. The van der Waals surface area contributed by atoms with E-state index >= 15 is 0 Å². The lowest BCUT2D eigenvalue weighted by Gasteiger charge is -2.17. The number of aromatic nitrogens is 1. The van der Waals surface area contributed by atoms with E-state index in [1.807, 2.05) is 35.2 Å². The summed E-state index contributed by atoms with van der Waals surface area (Å²) in [6, 6.07) is 9.63. The van der Waals surface area contributed by atoms with E-state index in [4.69, 9.17) is 0 Å². The van der Waals surface area contributed by atoms with Gasteiger partial charge in [-0.05, 0) is 24.5 Å². The van der Waals surface area contributed by atoms with Gasteiger partial charge in [0, 0.05) is 30.0 Å². The first-order valence-electron chi connectivity index (χ1n) is 6.48. The molecule has 1 aliphatic rings. The molecule has 3 rings (SSSR count). The van der Waals surface area contributed by atoms with Crippen LogP contribution in [0.15, 0.2) is 36.5 Å². The molecule has 1 amide bonds. The number of amides is 1. The quantitative estimate of drug-likeness (QED) is 0.797. The summed E-state index contributed by atoms with van der Waals surface area (Å²) in [4.78, 5) is 18.9. The summed E-state index contributed by atoms with van der Waals surface area (Å²) in [6.45, 7) is 1.70. The van der Waals surface area contributed by atoms with Crippen LogP contribution in [0.3, 0.4) is 0 Å². The van der Waals surface area contributed by atoms with Gasteiger partial charge in [0.15, 0.2) is 0 Å². The topological polar surface area (TPSA) is 33.2 Å². The van der Waals surface area contributed by atoms with Crippen LogP contribution < -0.4 is 0 Å². The molecule has 4 heteroatoms. The number of fused-ring (bicyclic) bond motifs is 1. The Balaban J connectivity index is 1.94. The van der Waals surface area contributed by atoms with E-state index in [0.717, 1.165) is 41.3 Å². The number of alkyl halides is 1. The van der Waals surface area contributed by atoms with Gasteiger partial charge in [-0.2, -0.15) is 0 Å². The third-order valence-electron chi connectivity index (χ3n) is 3.67. The molecule has 1 saturated heterocycles. The smallest absolute Gasteiger partial charge is 0.254 e. The maximum Gasteiger partial charge on any atom is 0.254 e. The van der Waals surface area contributed by atoms with E-state index in [2.05, 4.69) is 20.9 Å². The Morgan fingerprint density at radius 3 is 3.00 bits per heavy atom. The molecular formula is C15H15BrN2O. The van der Waals surface area contributed by atoms with Crippen molar-refractivity contribution >= 4 is 32.7 Å². The minimum Gasteiger partial charge on any atom is -0.338 e. The first-order valence-corrected chi connectivity index (χ1v) is 7.60. The Bertz CT molecular complexity index is 609. The van der Waals surface area contributed by atoms with Gasteiger partial charge in [0.2, 0.25) is 0 Å². The largest absolute Gasteiger partial charge is 0.338 e. The highest BCUT2D eigenvalue weighted by Gasteiger charge is 2.26. The third-order valence-corrected chi connectivity index (χ3v) is 4.59. The molecule has 19 heavy (non-hydrogen) atoms. The van der Waals surface area contributed by atoms with Gasteiger partial charge < -0.3 is 4.90 Å². The normalized spacial score (nSPS) is 19.0. The van der Waals surface area contributed by atoms with Crippen LogP contribution in [0.25, 0.3) is 10.9 Å². The number of nitrogens with zero attached hydrogens (tertiary/aromatic N) is 2. The highest BCUT2D eigenvalue weighted by molar-refractivity contribution is 9.09. The van der Waals surface area contributed by atoms with Gasteiger partial charge in [0.05, 0.1) is 11.1 Å². The summed E-state index contributed by atoms with van der Waals surface area (Å²) in [5, 5.41) is 1.91. The predicted octanol–water partition coefficient (Wildman–Crippen LogP) is 3.09. The summed E-state index contributed by atoms with van der Waals surface area (Å²) in [6.07, 6.45) is 2.80. The van der Waals surface area contributed by atoms with E-state index in [0.29, 0.717) is 5.92 Å². The second-order valence-corrected chi connectivity index (χ2v) is 5.58. The Morgan fingerprint density at radius 1 is 1.37 bits per heavy atom. The van der Waals surface area contributed by atoms with Gasteiger partial charge in [0.25, 0.3) is 5.91 Å². The van der Waals surface area contributed by atoms with Crippen LogP contribution in [0.1, 0.15) is 16.8 Å². The van der Waals surface area contributed by atoms with Crippen LogP contribution in [-0.2, 0) is 0 Å². The summed E-state index contributed by atoms with van der Waals surface area (Å²) >= 11 is 3.50. The van der Waals surface area contributed by atoms with Gasteiger partial charge in [-0.15, -0.1) is 0 Å². The Hall–Kier alpha value is -1.42. The van der Waals surface area contributed by atoms with Crippen molar-refractivity contribution in [2.45, 2.75) is 6.42 Å². The van der Waals surface area contributed by atoms with Gasteiger partial charge in [-0.3, -0.25) is 9.78 Å². The number of carbonyl (C=O) groups excluding carboxylic acids is 1. The molecule has 98 valence electrons. The van der Waals surface area contributed by atoms with E-state index in [9.17, 15) is 4.79 Å². The molecule has 2 aromatic rings. The van der Waals surface area contributed by atoms with Gasteiger partial charge in [-0.1, -0.05) is 34.1 Å². The average Bonchev–Trinajstić information content (AvgIpc) is 2.95. The summed E-state index contributed by atoms with van der Waals surface area (Å²) in [5.74, 6) is 0.708. The highest BCUT2D eigenvalue weighted by atomic mass is 79.9. The lowest BCUT2D eigenvalue weighted by atomic mass is 10.1. The molecule has 1 aromatic heterocycles. The molecular weight excluding hydrogens is 304 g/mol. The lowest BCUT2D eigenvalue weighted by Crippen LogP contribution is -2.29. The number of likely N-dealkylation sites (tertiary alicyclic amines) is 1. The van der Waals surface area contributed by atoms with Crippen LogP contribution in [0.2, 0.25) is 0 Å². The molecule has 2 heterocycles.